The van der Waals surface area contributed by atoms with E-state index in [1.54, 1.807) is 36.0 Å². The molecule has 0 aromatic heterocycles. The zero-order valence-corrected chi connectivity index (χ0v) is 12.9. The summed E-state index contributed by atoms with van der Waals surface area (Å²) in [6.07, 6.45) is 1.36. The van der Waals surface area contributed by atoms with Crippen LogP contribution in [0.25, 0.3) is 0 Å². The maximum atomic E-state index is 11.8. The van der Waals surface area contributed by atoms with Gasteiger partial charge in [-0.05, 0) is 42.7 Å². The molecule has 20 heavy (non-hydrogen) atoms. The Balaban J connectivity index is 2.03. The second-order valence-electron chi connectivity index (χ2n) is 3.82. The van der Waals surface area contributed by atoms with Crippen LogP contribution in [0.3, 0.4) is 0 Å². The van der Waals surface area contributed by atoms with E-state index in [4.69, 9.17) is 27.9 Å². The molecule has 2 aromatic carbocycles. The fraction of sp³-hybridized carbons (Fsp3) is 0.0714. The number of nitrogens with one attached hydrogen (secondary N) is 1. The van der Waals surface area contributed by atoms with Gasteiger partial charge in [0.2, 0.25) is 0 Å². The number of ether oxygens (including phenoxy) is 1. The molecular weight excluding hydrogens is 317 g/mol. The highest BCUT2D eigenvalue weighted by Gasteiger charge is 2.09. The zero-order chi connectivity index (χ0) is 14.5. The van der Waals surface area contributed by atoms with Crippen molar-refractivity contribution in [3.8, 4) is 5.75 Å². The van der Waals surface area contributed by atoms with Crippen LogP contribution in [0.1, 0.15) is 0 Å². The van der Waals surface area contributed by atoms with E-state index in [1.165, 1.54) is 6.07 Å². The number of thioether (sulfide) groups is 1. The number of hydrogen-bond donors (Lipinski definition) is 1. The van der Waals surface area contributed by atoms with Gasteiger partial charge in [0, 0.05) is 21.7 Å². The van der Waals surface area contributed by atoms with Gasteiger partial charge in [0.25, 0.3) is 0 Å². The summed E-state index contributed by atoms with van der Waals surface area (Å²) in [4.78, 5) is 12.9. The summed E-state index contributed by atoms with van der Waals surface area (Å²) in [5, 5.41) is 3.38. The number of carbonyl (C=O) groups excluding carboxylic acids is 1. The third kappa shape index (κ3) is 4.07. The number of carbonyl (C=O) groups is 1. The predicted octanol–water partition coefficient (Wildman–Crippen LogP) is 5.33. The summed E-state index contributed by atoms with van der Waals surface area (Å²) >= 11 is 13.4. The maximum Gasteiger partial charge on any atom is 0.417 e. The molecule has 0 radical (unpaired) electrons. The van der Waals surface area contributed by atoms with E-state index in [2.05, 4.69) is 5.32 Å². The van der Waals surface area contributed by atoms with Crippen molar-refractivity contribution in [1.82, 2.24) is 0 Å². The Morgan fingerprint density at radius 1 is 1.15 bits per heavy atom. The van der Waals surface area contributed by atoms with E-state index < -0.39 is 6.09 Å². The van der Waals surface area contributed by atoms with Crippen LogP contribution in [0.4, 0.5) is 10.5 Å². The van der Waals surface area contributed by atoms with Crippen LogP contribution < -0.4 is 10.1 Å². The highest BCUT2D eigenvalue weighted by molar-refractivity contribution is 7.98. The molecule has 104 valence electrons. The molecule has 1 N–H and O–H groups in total. The molecule has 0 aliphatic heterocycles. The van der Waals surface area contributed by atoms with Crippen molar-refractivity contribution in [2.45, 2.75) is 4.90 Å². The number of halogens is 2. The third-order valence-electron chi connectivity index (χ3n) is 2.43. The largest absolute Gasteiger partial charge is 0.417 e. The zero-order valence-electron chi connectivity index (χ0n) is 10.5. The molecule has 1 amide bonds. The van der Waals surface area contributed by atoms with Crippen LogP contribution in [-0.4, -0.2) is 12.3 Å². The lowest BCUT2D eigenvalue weighted by Gasteiger charge is -2.08. The van der Waals surface area contributed by atoms with Crippen LogP contribution in [-0.2, 0) is 0 Å². The average Bonchev–Trinajstić information content (AvgIpc) is 2.43. The summed E-state index contributed by atoms with van der Waals surface area (Å²) in [6, 6.07) is 12.1. The monoisotopic (exact) mass is 327 g/mol. The predicted molar refractivity (Wildman–Crippen MR) is 84.3 cm³/mol. The molecule has 0 saturated heterocycles. The van der Waals surface area contributed by atoms with Crippen molar-refractivity contribution in [3.63, 3.8) is 0 Å². The molecule has 0 atom stereocenters. The summed E-state index contributed by atoms with van der Waals surface area (Å²) < 4.78 is 5.11. The molecule has 0 heterocycles. The van der Waals surface area contributed by atoms with Crippen LogP contribution in [0.15, 0.2) is 47.4 Å². The van der Waals surface area contributed by atoms with Crippen LogP contribution in [0.2, 0.25) is 10.0 Å². The molecule has 0 aliphatic rings. The van der Waals surface area contributed by atoms with Gasteiger partial charge in [-0.15, -0.1) is 11.8 Å². The SMILES string of the molecule is CSc1ccc(NC(=O)Oc2cc(Cl)ccc2Cl)cc1. The van der Waals surface area contributed by atoms with Gasteiger partial charge in [-0.2, -0.15) is 0 Å². The number of benzene rings is 2. The molecule has 6 heteroatoms. The van der Waals surface area contributed by atoms with E-state index >= 15 is 0 Å². The van der Waals surface area contributed by atoms with Gasteiger partial charge >= 0.3 is 6.09 Å². The standard InChI is InChI=1S/C14H11Cl2NO2S/c1-20-11-5-3-10(4-6-11)17-14(18)19-13-8-9(15)2-7-12(13)16/h2-8H,1H3,(H,17,18). The molecule has 0 saturated carbocycles. The minimum atomic E-state index is -0.619. The smallest absolute Gasteiger partial charge is 0.408 e. The Morgan fingerprint density at radius 3 is 2.50 bits per heavy atom. The topological polar surface area (TPSA) is 38.3 Å². The number of rotatable bonds is 3. The van der Waals surface area contributed by atoms with E-state index in [9.17, 15) is 4.79 Å². The summed E-state index contributed by atoms with van der Waals surface area (Å²) in [7, 11) is 0. The second-order valence-corrected chi connectivity index (χ2v) is 5.54. The van der Waals surface area contributed by atoms with Crippen molar-refractivity contribution < 1.29 is 9.53 Å². The first-order chi connectivity index (χ1) is 9.58. The summed E-state index contributed by atoms with van der Waals surface area (Å²) in [5.41, 5.74) is 0.644. The first-order valence-electron chi connectivity index (χ1n) is 5.66. The van der Waals surface area contributed by atoms with E-state index in [0.717, 1.165) is 4.90 Å². The molecule has 3 nitrogen and oxygen atoms in total. The quantitative estimate of drug-likeness (QED) is 0.774. The highest BCUT2D eigenvalue weighted by Crippen LogP contribution is 2.28. The molecule has 2 rings (SSSR count). The molecule has 2 aromatic rings. The first kappa shape index (κ1) is 15.0. The van der Waals surface area contributed by atoms with Gasteiger partial charge in [-0.25, -0.2) is 4.79 Å². The molecule has 0 aliphatic carbocycles. The molecular formula is C14H11Cl2NO2S. The minimum absolute atomic E-state index is 0.220. The normalized spacial score (nSPS) is 10.2. The number of hydrogen-bond acceptors (Lipinski definition) is 3. The van der Waals surface area contributed by atoms with E-state index in [0.29, 0.717) is 15.7 Å². The Kier molecular flexibility index (Phi) is 5.17. The molecule has 0 spiro atoms. The Labute approximate surface area is 131 Å². The molecule has 0 bridgehead atoms. The van der Waals surface area contributed by atoms with E-state index in [-0.39, 0.29) is 5.75 Å². The Bertz CT molecular complexity index is 617. The maximum absolute atomic E-state index is 11.8. The van der Waals surface area contributed by atoms with Crippen molar-refractivity contribution in [2.24, 2.45) is 0 Å². The first-order valence-corrected chi connectivity index (χ1v) is 7.64. The number of amides is 1. The van der Waals surface area contributed by atoms with Crippen molar-refractivity contribution in [2.75, 3.05) is 11.6 Å². The number of anilines is 1. The van der Waals surface area contributed by atoms with Crippen molar-refractivity contribution in [1.29, 1.82) is 0 Å². The highest BCUT2D eigenvalue weighted by atomic mass is 35.5. The van der Waals surface area contributed by atoms with Gasteiger partial charge in [0.15, 0.2) is 5.75 Å². The molecule has 0 fully saturated rings. The fourth-order valence-corrected chi connectivity index (χ4v) is 2.20. The second kappa shape index (κ2) is 6.88. The summed E-state index contributed by atoms with van der Waals surface area (Å²) in [5.74, 6) is 0.220. The third-order valence-corrected chi connectivity index (χ3v) is 3.72. The Morgan fingerprint density at radius 2 is 1.85 bits per heavy atom. The van der Waals surface area contributed by atoms with Crippen LogP contribution >= 0.6 is 35.0 Å². The average molecular weight is 328 g/mol. The Hall–Kier alpha value is -1.36. The van der Waals surface area contributed by atoms with Crippen molar-refractivity contribution >= 4 is 46.7 Å². The van der Waals surface area contributed by atoms with Gasteiger partial charge in [0.1, 0.15) is 0 Å². The van der Waals surface area contributed by atoms with Gasteiger partial charge in [-0.1, -0.05) is 23.2 Å². The lowest BCUT2D eigenvalue weighted by Crippen LogP contribution is -2.16. The van der Waals surface area contributed by atoms with Crippen molar-refractivity contribution in [3.05, 3.63) is 52.5 Å². The fourth-order valence-electron chi connectivity index (χ4n) is 1.47. The van der Waals surface area contributed by atoms with Gasteiger partial charge in [0.05, 0.1) is 5.02 Å². The van der Waals surface area contributed by atoms with Gasteiger partial charge < -0.3 is 4.74 Å². The van der Waals surface area contributed by atoms with Gasteiger partial charge in [-0.3, -0.25) is 5.32 Å². The van der Waals surface area contributed by atoms with Crippen LogP contribution in [0.5, 0.6) is 5.75 Å². The molecule has 0 unspecified atom stereocenters. The lowest BCUT2D eigenvalue weighted by atomic mass is 10.3. The van der Waals surface area contributed by atoms with E-state index in [1.807, 2.05) is 18.4 Å². The summed E-state index contributed by atoms with van der Waals surface area (Å²) in [6.45, 7) is 0. The van der Waals surface area contributed by atoms with Crippen LogP contribution in [0, 0.1) is 0 Å². The minimum Gasteiger partial charge on any atom is -0.408 e. The lowest BCUT2D eigenvalue weighted by molar-refractivity contribution is 0.215.